The van der Waals surface area contributed by atoms with Crippen LogP contribution in [0.15, 0.2) is 0 Å². The summed E-state index contributed by atoms with van der Waals surface area (Å²) in [5, 5.41) is 0. The smallest absolute Gasteiger partial charge is 0.247 e. The van der Waals surface area contributed by atoms with Gasteiger partial charge in [0.15, 0.2) is 0 Å². The van der Waals surface area contributed by atoms with Gasteiger partial charge in [0, 0.05) is 0 Å². The second kappa shape index (κ2) is 3.93. The van der Waals surface area contributed by atoms with E-state index >= 15 is 0 Å². The highest BCUT2D eigenvalue weighted by Crippen LogP contribution is 2.31. The quantitative estimate of drug-likeness (QED) is 0.573. The Morgan fingerprint density at radius 1 is 1.27 bits per heavy atom. The first-order valence-electron chi connectivity index (χ1n) is 3.60. The molecular formula is C7H12F4. The average Bonchev–Trinajstić information content (AvgIpc) is 1.85. The van der Waals surface area contributed by atoms with Crippen LogP contribution >= 0.6 is 0 Å². The Morgan fingerprint density at radius 3 is 2.00 bits per heavy atom. The Balaban J connectivity index is 3.91. The molecule has 4 heteroatoms. The van der Waals surface area contributed by atoms with Crippen LogP contribution in [-0.4, -0.2) is 12.3 Å². The molecule has 0 saturated heterocycles. The molecule has 0 amide bonds. The summed E-state index contributed by atoms with van der Waals surface area (Å²) in [4.78, 5) is 0. The predicted octanol–water partition coefficient (Wildman–Crippen LogP) is 3.32. The molecular weight excluding hydrogens is 160 g/mol. The first kappa shape index (κ1) is 10.7. The molecule has 0 aromatic rings. The van der Waals surface area contributed by atoms with E-state index in [1.54, 1.807) is 6.92 Å². The molecule has 0 N–H and O–H groups in total. The molecule has 2 unspecified atom stereocenters. The van der Waals surface area contributed by atoms with Crippen LogP contribution in [0.25, 0.3) is 0 Å². The number of rotatable bonds is 3. The minimum absolute atomic E-state index is 0.0132. The Morgan fingerprint density at radius 2 is 1.73 bits per heavy atom. The van der Waals surface area contributed by atoms with Crippen molar-refractivity contribution < 1.29 is 17.6 Å². The van der Waals surface area contributed by atoms with Crippen molar-refractivity contribution in [1.82, 2.24) is 0 Å². The second-order valence-corrected chi connectivity index (χ2v) is 2.63. The van der Waals surface area contributed by atoms with Gasteiger partial charge in [-0.15, -0.1) is 0 Å². The van der Waals surface area contributed by atoms with Crippen LogP contribution in [0.5, 0.6) is 0 Å². The minimum Gasteiger partial charge on any atom is -0.247 e. The molecule has 0 aliphatic rings. The fourth-order valence-corrected chi connectivity index (χ4v) is 0.731. The van der Waals surface area contributed by atoms with Gasteiger partial charge in [-0.2, -0.15) is 13.2 Å². The van der Waals surface area contributed by atoms with E-state index in [1.165, 1.54) is 0 Å². The summed E-state index contributed by atoms with van der Waals surface area (Å²) in [6, 6.07) is 0. The molecule has 0 aromatic carbocycles. The van der Waals surface area contributed by atoms with Crippen molar-refractivity contribution in [2.24, 2.45) is 5.92 Å². The summed E-state index contributed by atoms with van der Waals surface area (Å²) in [6.07, 6.45) is -5.71. The van der Waals surface area contributed by atoms with Crippen LogP contribution in [0.3, 0.4) is 0 Å². The van der Waals surface area contributed by atoms with Crippen LogP contribution in [0.2, 0.25) is 0 Å². The average molecular weight is 172 g/mol. The molecule has 0 aromatic heterocycles. The molecule has 0 aliphatic carbocycles. The monoisotopic (exact) mass is 172 g/mol. The summed E-state index contributed by atoms with van der Waals surface area (Å²) in [6.45, 7) is 2.54. The van der Waals surface area contributed by atoms with E-state index < -0.39 is 18.3 Å². The van der Waals surface area contributed by atoms with Crippen molar-refractivity contribution in [3.05, 3.63) is 0 Å². The Labute approximate surface area is 63.6 Å². The lowest BCUT2D eigenvalue weighted by molar-refractivity contribution is -0.185. The molecule has 68 valence electrons. The zero-order valence-electron chi connectivity index (χ0n) is 6.58. The lowest BCUT2D eigenvalue weighted by Gasteiger charge is -2.18. The largest absolute Gasteiger partial charge is 0.394 e. The molecule has 11 heavy (non-hydrogen) atoms. The van der Waals surface area contributed by atoms with Gasteiger partial charge in [-0.05, 0) is 6.42 Å². The molecule has 0 bridgehead atoms. The van der Waals surface area contributed by atoms with Gasteiger partial charge in [-0.25, -0.2) is 4.39 Å². The molecule has 0 rings (SSSR count). The van der Waals surface area contributed by atoms with Gasteiger partial charge >= 0.3 is 6.18 Å². The third kappa shape index (κ3) is 3.58. The summed E-state index contributed by atoms with van der Waals surface area (Å²) >= 11 is 0. The molecule has 0 heterocycles. The van der Waals surface area contributed by atoms with Crippen molar-refractivity contribution in [2.45, 2.75) is 39.0 Å². The normalized spacial score (nSPS) is 18.0. The van der Waals surface area contributed by atoms with E-state index in [2.05, 4.69) is 0 Å². The number of halogens is 4. The summed E-state index contributed by atoms with van der Waals surface area (Å²) in [7, 11) is 0. The number of hydrogen-bond acceptors (Lipinski definition) is 0. The van der Waals surface area contributed by atoms with Gasteiger partial charge < -0.3 is 0 Å². The van der Waals surface area contributed by atoms with Crippen LogP contribution in [0.4, 0.5) is 17.6 Å². The van der Waals surface area contributed by atoms with Gasteiger partial charge in [-0.1, -0.05) is 20.3 Å². The van der Waals surface area contributed by atoms with Crippen LogP contribution in [0.1, 0.15) is 26.7 Å². The van der Waals surface area contributed by atoms with Crippen molar-refractivity contribution in [3.8, 4) is 0 Å². The summed E-state index contributed by atoms with van der Waals surface area (Å²) < 4.78 is 47.9. The van der Waals surface area contributed by atoms with E-state index in [4.69, 9.17) is 0 Å². The molecule has 0 spiro atoms. The summed E-state index contributed by atoms with van der Waals surface area (Å²) in [5.41, 5.74) is 0. The van der Waals surface area contributed by atoms with Crippen molar-refractivity contribution in [3.63, 3.8) is 0 Å². The Kier molecular flexibility index (Phi) is 3.83. The van der Waals surface area contributed by atoms with E-state index in [1.807, 2.05) is 0 Å². The first-order chi connectivity index (χ1) is 4.89. The Hall–Kier alpha value is -0.280. The number of hydrogen-bond donors (Lipinski definition) is 0. The fourth-order valence-electron chi connectivity index (χ4n) is 0.731. The molecule has 0 saturated carbocycles. The Bertz CT molecular complexity index is 107. The van der Waals surface area contributed by atoms with E-state index in [9.17, 15) is 17.6 Å². The number of alkyl halides is 4. The van der Waals surface area contributed by atoms with Gasteiger partial charge in [0.25, 0.3) is 0 Å². The van der Waals surface area contributed by atoms with Gasteiger partial charge in [-0.3, -0.25) is 0 Å². The van der Waals surface area contributed by atoms with E-state index in [0.717, 1.165) is 6.92 Å². The fraction of sp³-hybridized carbons (Fsp3) is 1.00. The SMILES string of the molecule is CCCC(F)C(C)C(F)(F)F. The highest BCUT2D eigenvalue weighted by atomic mass is 19.4. The third-order valence-electron chi connectivity index (χ3n) is 1.62. The lowest BCUT2D eigenvalue weighted by Crippen LogP contribution is -2.28. The standard InChI is InChI=1S/C7H12F4/c1-3-4-6(8)5(2)7(9,10)11/h5-6H,3-4H2,1-2H3. The van der Waals surface area contributed by atoms with Crippen molar-refractivity contribution >= 4 is 0 Å². The minimum atomic E-state index is -4.39. The summed E-state index contributed by atoms with van der Waals surface area (Å²) in [5.74, 6) is -1.83. The zero-order valence-corrected chi connectivity index (χ0v) is 6.58. The van der Waals surface area contributed by atoms with Gasteiger partial charge in [0.05, 0.1) is 5.92 Å². The molecule has 0 fully saturated rings. The first-order valence-corrected chi connectivity index (χ1v) is 3.60. The van der Waals surface area contributed by atoms with Crippen molar-refractivity contribution in [2.75, 3.05) is 0 Å². The predicted molar refractivity (Wildman–Crippen MR) is 35.0 cm³/mol. The maximum atomic E-state index is 12.6. The third-order valence-corrected chi connectivity index (χ3v) is 1.62. The van der Waals surface area contributed by atoms with Crippen LogP contribution in [0, 0.1) is 5.92 Å². The molecule has 0 aliphatic heterocycles. The van der Waals surface area contributed by atoms with Crippen molar-refractivity contribution in [1.29, 1.82) is 0 Å². The highest BCUT2D eigenvalue weighted by Gasteiger charge is 2.40. The van der Waals surface area contributed by atoms with Crippen LogP contribution in [-0.2, 0) is 0 Å². The van der Waals surface area contributed by atoms with Gasteiger partial charge in [0.2, 0.25) is 0 Å². The maximum Gasteiger partial charge on any atom is 0.394 e. The topological polar surface area (TPSA) is 0 Å². The molecule has 0 radical (unpaired) electrons. The van der Waals surface area contributed by atoms with E-state index in [-0.39, 0.29) is 6.42 Å². The zero-order chi connectivity index (χ0) is 9.07. The van der Waals surface area contributed by atoms with Gasteiger partial charge in [0.1, 0.15) is 6.17 Å². The highest BCUT2D eigenvalue weighted by molar-refractivity contribution is 4.70. The molecule has 0 nitrogen and oxygen atoms in total. The van der Waals surface area contributed by atoms with Crippen LogP contribution < -0.4 is 0 Å². The maximum absolute atomic E-state index is 12.6. The molecule has 2 atom stereocenters. The second-order valence-electron chi connectivity index (χ2n) is 2.63. The lowest BCUT2D eigenvalue weighted by atomic mass is 10.0. The van der Waals surface area contributed by atoms with E-state index in [0.29, 0.717) is 6.42 Å².